The molecule has 0 bridgehead atoms. The second-order valence-corrected chi connectivity index (χ2v) is 4.34. The monoisotopic (exact) mass is 250 g/mol. The predicted octanol–water partition coefficient (Wildman–Crippen LogP) is -0.0186. The second-order valence-electron chi connectivity index (χ2n) is 4.34. The summed E-state index contributed by atoms with van der Waals surface area (Å²) in [7, 11) is 0. The van der Waals surface area contributed by atoms with Gasteiger partial charge >= 0.3 is 0 Å². The molecule has 1 unspecified atom stereocenters. The van der Waals surface area contributed by atoms with E-state index in [0.29, 0.717) is 12.4 Å². The Labute approximate surface area is 106 Å². The van der Waals surface area contributed by atoms with Crippen molar-refractivity contribution in [1.82, 2.24) is 15.3 Å². The summed E-state index contributed by atoms with van der Waals surface area (Å²) >= 11 is 0. The first-order chi connectivity index (χ1) is 8.79. The minimum absolute atomic E-state index is 0.112. The highest BCUT2D eigenvalue weighted by molar-refractivity contribution is 5.79. The number of amides is 1. The third kappa shape index (κ3) is 3.41. The molecular weight excluding hydrogens is 232 g/mol. The number of carbonyl (C=O) groups is 1. The van der Waals surface area contributed by atoms with Gasteiger partial charge in [-0.3, -0.25) is 20.5 Å². The number of hydrogen-bond acceptors (Lipinski definition) is 5. The van der Waals surface area contributed by atoms with Crippen LogP contribution in [-0.4, -0.2) is 46.6 Å². The zero-order valence-corrected chi connectivity index (χ0v) is 10.2. The number of aliphatic hydroxyl groups is 1. The topological polar surface area (TPSA) is 77.5 Å². The van der Waals surface area contributed by atoms with Crippen LogP contribution in [0.3, 0.4) is 0 Å². The van der Waals surface area contributed by atoms with E-state index in [1.807, 2.05) is 17.0 Å². The van der Waals surface area contributed by atoms with E-state index >= 15 is 0 Å². The van der Waals surface area contributed by atoms with Gasteiger partial charge in [-0.25, -0.2) is 4.98 Å². The van der Waals surface area contributed by atoms with Crippen LogP contribution in [0.4, 0.5) is 5.82 Å². The number of likely N-dealkylation sites (tertiary alicyclic amines) is 1. The average Bonchev–Trinajstić information content (AvgIpc) is 2.85. The van der Waals surface area contributed by atoms with Crippen molar-refractivity contribution < 1.29 is 9.90 Å². The molecule has 6 nitrogen and oxygen atoms in total. The van der Waals surface area contributed by atoms with Crippen molar-refractivity contribution in [1.29, 1.82) is 0 Å². The number of rotatable bonds is 5. The molecule has 2 rings (SSSR count). The fourth-order valence-corrected chi connectivity index (χ4v) is 2.10. The first-order valence-corrected chi connectivity index (χ1v) is 6.10. The number of hydrogen-bond donors (Lipinski definition) is 3. The van der Waals surface area contributed by atoms with Gasteiger partial charge in [-0.15, -0.1) is 0 Å². The highest BCUT2D eigenvalue weighted by Crippen LogP contribution is 2.15. The molecule has 3 N–H and O–H groups in total. The Kier molecular flexibility index (Phi) is 4.49. The zero-order valence-electron chi connectivity index (χ0n) is 10.2. The largest absolute Gasteiger partial charge is 0.395 e. The smallest absolute Gasteiger partial charge is 0.252 e. The first-order valence-electron chi connectivity index (χ1n) is 6.10. The number of hydrazine groups is 1. The Morgan fingerprint density at radius 1 is 1.56 bits per heavy atom. The van der Waals surface area contributed by atoms with E-state index in [1.165, 1.54) is 0 Å². The molecule has 1 saturated heterocycles. The van der Waals surface area contributed by atoms with Crippen LogP contribution >= 0.6 is 0 Å². The summed E-state index contributed by atoms with van der Waals surface area (Å²) < 4.78 is 0. The molecule has 98 valence electrons. The molecule has 1 atom stereocenters. The van der Waals surface area contributed by atoms with Gasteiger partial charge in [-0.1, -0.05) is 6.07 Å². The summed E-state index contributed by atoms with van der Waals surface area (Å²) in [5.74, 6) is 0.479. The molecule has 1 aliphatic heterocycles. The van der Waals surface area contributed by atoms with Gasteiger partial charge in [-0.2, -0.15) is 0 Å². The van der Waals surface area contributed by atoms with Gasteiger partial charge in [0.1, 0.15) is 5.82 Å². The van der Waals surface area contributed by atoms with Crippen molar-refractivity contribution in [2.45, 2.75) is 18.9 Å². The maximum absolute atomic E-state index is 11.7. The van der Waals surface area contributed by atoms with Gasteiger partial charge in [0, 0.05) is 12.2 Å². The lowest BCUT2D eigenvalue weighted by molar-refractivity contribution is -0.122. The fraction of sp³-hybridized carbons (Fsp3) is 0.500. The molecule has 1 fully saturated rings. The lowest BCUT2D eigenvalue weighted by atomic mass is 10.2. The van der Waals surface area contributed by atoms with Gasteiger partial charge in [0.2, 0.25) is 0 Å². The normalized spacial score (nSPS) is 19.7. The number of anilines is 1. The van der Waals surface area contributed by atoms with Crippen LogP contribution in [0, 0.1) is 0 Å². The molecule has 0 radical (unpaired) electrons. The van der Waals surface area contributed by atoms with E-state index in [1.54, 1.807) is 12.3 Å². The van der Waals surface area contributed by atoms with Crippen LogP contribution < -0.4 is 10.9 Å². The van der Waals surface area contributed by atoms with E-state index in [9.17, 15) is 4.79 Å². The summed E-state index contributed by atoms with van der Waals surface area (Å²) in [4.78, 5) is 17.7. The summed E-state index contributed by atoms with van der Waals surface area (Å²) in [6, 6.07) is 5.53. The maximum Gasteiger partial charge on any atom is 0.252 e. The minimum atomic E-state index is -0.124. The van der Waals surface area contributed by atoms with E-state index in [-0.39, 0.29) is 18.6 Å². The van der Waals surface area contributed by atoms with Gasteiger partial charge in [0.25, 0.3) is 5.91 Å². The Morgan fingerprint density at radius 2 is 2.44 bits per heavy atom. The Morgan fingerprint density at radius 3 is 3.17 bits per heavy atom. The van der Waals surface area contributed by atoms with Crippen LogP contribution in [0.5, 0.6) is 0 Å². The molecule has 18 heavy (non-hydrogen) atoms. The number of pyridine rings is 1. The number of nitrogens with zero attached hydrogens (tertiary/aromatic N) is 2. The van der Waals surface area contributed by atoms with E-state index in [2.05, 4.69) is 15.8 Å². The van der Waals surface area contributed by atoms with Crippen molar-refractivity contribution in [3.05, 3.63) is 24.4 Å². The van der Waals surface area contributed by atoms with Crippen molar-refractivity contribution in [3.63, 3.8) is 0 Å². The van der Waals surface area contributed by atoms with Crippen molar-refractivity contribution >= 4 is 11.7 Å². The third-order valence-electron chi connectivity index (χ3n) is 3.05. The van der Waals surface area contributed by atoms with Gasteiger partial charge < -0.3 is 5.11 Å². The van der Waals surface area contributed by atoms with Crippen molar-refractivity contribution in [2.75, 3.05) is 25.1 Å². The predicted molar refractivity (Wildman–Crippen MR) is 67.7 cm³/mol. The van der Waals surface area contributed by atoms with Gasteiger partial charge in [0.15, 0.2) is 0 Å². The standard InChI is InChI=1S/C12H18N4O2/c17-9-10-4-3-7-16(10)8-12(18)15-14-11-5-1-2-6-13-11/h1-2,5-6,10,17H,3-4,7-9H2,(H,13,14)(H,15,18). The molecule has 0 aromatic carbocycles. The number of carbonyl (C=O) groups excluding carboxylic acids is 1. The SMILES string of the molecule is O=C(CN1CCCC1CO)NNc1ccccn1. The highest BCUT2D eigenvalue weighted by atomic mass is 16.3. The van der Waals surface area contributed by atoms with Crippen molar-refractivity contribution in [3.8, 4) is 0 Å². The highest BCUT2D eigenvalue weighted by Gasteiger charge is 2.25. The Balaban J connectivity index is 1.75. The maximum atomic E-state index is 11.7. The van der Waals surface area contributed by atoms with Crippen LogP contribution in [0.25, 0.3) is 0 Å². The molecule has 2 heterocycles. The number of aliphatic hydroxyl groups excluding tert-OH is 1. The quantitative estimate of drug-likeness (QED) is 0.640. The average molecular weight is 250 g/mol. The van der Waals surface area contributed by atoms with Crippen LogP contribution in [0.2, 0.25) is 0 Å². The summed E-state index contributed by atoms with van der Waals surface area (Å²) in [6.45, 7) is 1.27. The van der Waals surface area contributed by atoms with E-state index in [0.717, 1.165) is 19.4 Å². The van der Waals surface area contributed by atoms with Crippen molar-refractivity contribution in [2.24, 2.45) is 0 Å². The molecule has 1 aromatic heterocycles. The second kappa shape index (κ2) is 6.32. The Bertz CT molecular complexity index is 385. The molecule has 1 aliphatic rings. The lowest BCUT2D eigenvalue weighted by Gasteiger charge is -2.21. The lowest BCUT2D eigenvalue weighted by Crippen LogP contribution is -2.42. The summed E-state index contributed by atoms with van der Waals surface area (Å²) in [6.07, 6.45) is 3.64. The molecule has 1 amide bonds. The molecule has 0 aliphatic carbocycles. The number of aromatic nitrogens is 1. The van der Waals surface area contributed by atoms with Gasteiger partial charge in [0.05, 0.1) is 13.2 Å². The Hall–Kier alpha value is -1.66. The molecular formula is C12H18N4O2. The zero-order chi connectivity index (χ0) is 12.8. The molecule has 0 spiro atoms. The fourth-order valence-electron chi connectivity index (χ4n) is 2.10. The van der Waals surface area contributed by atoms with Crippen LogP contribution in [-0.2, 0) is 4.79 Å². The van der Waals surface area contributed by atoms with E-state index < -0.39 is 0 Å². The van der Waals surface area contributed by atoms with E-state index in [4.69, 9.17) is 5.11 Å². The van der Waals surface area contributed by atoms with Gasteiger partial charge in [-0.05, 0) is 31.5 Å². The first kappa shape index (κ1) is 12.8. The third-order valence-corrected chi connectivity index (χ3v) is 3.05. The molecule has 6 heteroatoms. The number of nitrogens with one attached hydrogen (secondary N) is 2. The molecule has 0 saturated carbocycles. The van der Waals surface area contributed by atoms with Crippen LogP contribution in [0.1, 0.15) is 12.8 Å². The molecule has 1 aromatic rings. The summed E-state index contributed by atoms with van der Waals surface area (Å²) in [5, 5.41) is 9.16. The van der Waals surface area contributed by atoms with Crippen LogP contribution in [0.15, 0.2) is 24.4 Å². The summed E-state index contributed by atoms with van der Waals surface area (Å²) in [5.41, 5.74) is 5.35. The minimum Gasteiger partial charge on any atom is -0.395 e.